The molecule has 5 heteroatoms. The number of nitrogens with one attached hydrogen (secondary N) is 1. The van der Waals surface area contributed by atoms with E-state index in [1.807, 2.05) is 25.1 Å². The Morgan fingerprint density at radius 3 is 2.57 bits per heavy atom. The molecule has 5 nitrogen and oxygen atoms in total. The van der Waals surface area contributed by atoms with Gasteiger partial charge in [-0.1, -0.05) is 32.0 Å². The summed E-state index contributed by atoms with van der Waals surface area (Å²) in [6, 6.07) is 5.87. The molecule has 116 valence electrons. The van der Waals surface area contributed by atoms with Crippen LogP contribution in [0.25, 0.3) is 0 Å². The van der Waals surface area contributed by atoms with E-state index in [2.05, 4.69) is 19.2 Å². The number of hydrogen-bond donors (Lipinski definition) is 1. The summed E-state index contributed by atoms with van der Waals surface area (Å²) in [7, 11) is 0. The van der Waals surface area contributed by atoms with Crippen molar-refractivity contribution in [1.29, 1.82) is 0 Å². The van der Waals surface area contributed by atoms with Gasteiger partial charge in [-0.15, -0.1) is 0 Å². The van der Waals surface area contributed by atoms with Crippen molar-refractivity contribution in [3.8, 4) is 0 Å². The third-order valence-electron chi connectivity index (χ3n) is 2.98. The zero-order valence-corrected chi connectivity index (χ0v) is 13.1. The van der Waals surface area contributed by atoms with E-state index in [9.17, 15) is 9.59 Å². The molecule has 0 saturated carbocycles. The zero-order chi connectivity index (χ0) is 15.8. The van der Waals surface area contributed by atoms with Gasteiger partial charge in [0.15, 0.2) is 6.61 Å². The molecule has 1 N–H and O–H groups in total. The van der Waals surface area contributed by atoms with E-state index in [0.717, 1.165) is 16.8 Å². The van der Waals surface area contributed by atoms with Crippen LogP contribution < -0.4 is 5.32 Å². The Hall–Kier alpha value is -1.88. The lowest BCUT2D eigenvalue weighted by Gasteiger charge is -2.16. The molecule has 0 heterocycles. The number of aryl methyl sites for hydroxylation is 1. The maximum Gasteiger partial charge on any atom is 0.332 e. The lowest BCUT2D eigenvalue weighted by atomic mass is 9.98. The van der Waals surface area contributed by atoms with E-state index in [1.54, 1.807) is 6.92 Å². The van der Waals surface area contributed by atoms with E-state index in [4.69, 9.17) is 9.47 Å². The van der Waals surface area contributed by atoms with E-state index in [0.29, 0.717) is 12.5 Å². The summed E-state index contributed by atoms with van der Waals surface area (Å²) in [4.78, 5) is 23.2. The standard InChI is InChI=1S/C16H23NO4/c1-5-20-10-15(19)21-9-14(18)17-16-12(4)7-6-8-13(16)11(2)3/h6-8,11H,5,9-10H2,1-4H3,(H,17,18). The highest BCUT2D eigenvalue weighted by molar-refractivity contribution is 5.94. The Morgan fingerprint density at radius 2 is 1.95 bits per heavy atom. The molecule has 0 aliphatic carbocycles. The minimum absolute atomic E-state index is 0.134. The van der Waals surface area contributed by atoms with Gasteiger partial charge in [-0.25, -0.2) is 4.79 Å². The van der Waals surface area contributed by atoms with Gasteiger partial charge in [-0.2, -0.15) is 0 Å². The van der Waals surface area contributed by atoms with Crippen molar-refractivity contribution in [2.45, 2.75) is 33.6 Å². The number of para-hydroxylation sites is 1. The second-order valence-electron chi connectivity index (χ2n) is 5.04. The van der Waals surface area contributed by atoms with Crippen molar-refractivity contribution < 1.29 is 19.1 Å². The summed E-state index contributed by atoms with van der Waals surface area (Å²) in [5, 5.41) is 2.81. The van der Waals surface area contributed by atoms with E-state index >= 15 is 0 Å². The van der Waals surface area contributed by atoms with Gasteiger partial charge in [0.2, 0.25) is 0 Å². The molecule has 0 atom stereocenters. The minimum atomic E-state index is -0.541. The molecule has 0 bridgehead atoms. The number of amides is 1. The van der Waals surface area contributed by atoms with Gasteiger partial charge in [0.25, 0.3) is 5.91 Å². The van der Waals surface area contributed by atoms with Gasteiger partial charge in [-0.3, -0.25) is 4.79 Å². The maximum atomic E-state index is 11.9. The van der Waals surface area contributed by atoms with Gasteiger partial charge >= 0.3 is 5.97 Å². The largest absolute Gasteiger partial charge is 0.454 e. The molecule has 0 radical (unpaired) electrons. The average molecular weight is 293 g/mol. The molecule has 21 heavy (non-hydrogen) atoms. The van der Waals surface area contributed by atoms with Crippen LogP contribution in [-0.2, 0) is 19.1 Å². The predicted molar refractivity (Wildman–Crippen MR) is 81.3 cm³/mol. The van der Waals surface area contributed by atoms with E-state index in [1.165, 1.54) is 0 Å². The summed E-state index contributed by atoms with van der Waals surface area (Å²) in [6.45, 7) is 7.83. The SMILES string of the molecule is CCOCC(=O)OCC(=O)Nc1c(C)cccc1C(C)C. The number of carbonyl (C=O) groups is 2. The molecule has 0 aliphatic heterocycles. The first kappa shape index (κ1) is 17.2. The van der Waals surface area contributed by atoms with E-state index in [-0.39, 0.29) is 19.1 Å². The van der Waals surface area contributed by atoms with Crippen molar-refractivity contribution in [3.63, 3.8) is 0 Å². The predicted octanol–water partition coefficient (Wildman–Crippen LogP) is 2.64. The molecule has 0 aliphatic rings. The third kappa shape index (κ3) is 5.55. The number of esters is 1. The van der Waals surface area contributed by atoms with Gasteiger partial charge in [0.05, 0.1) is 0 Å². The van der Waals surface area contributed by atoms with Gasteiger partial charge in [0, 0.05) is 12.3 Å². The number of hydrogen-bond acceptors (Lipinski definition) is 4. The molecular weight excluding hydrogens is 270 g/mol. The quantitative estimate of drug-likeness (QED) is 0.785. The van der Waals surface area contributed by atoms with Crippen LogP contribution >= 0.6 is 0 Å². The molecule has 0 aromatic heterocycles. The second kappa shape index (κ2) is 8.42. The highest BCUT2D eigenvalue weighted by Gasteiger charge is 2.13. The fourth-order valence-corrected chi connectivity index (χ4v) is 1.89. The Bertz CT molecular complexity index is 497. The molecule has 1 amide bonds. The van der Waals surface area contributed by atoms with Crippen LogP contribution in [0.5, 0.6) is 0 Å². The normalized spacial score (nSPS) is 10.5. The number of benzene rings is 1. The maximum absolute atomic E-state index is 11.9. The molecule has 0 unspecified atom stereocenters. The Balaban J connectivity index is 2.61. The van der Waals surface area contributed by atoms with Crippen LogP contribution in [0.15, 0.2) is 18.2 Å². The number of ether oxygens (including phenoxy) is 2. The third-order valence-corrected chi connectivity index (χ3v) is 2.98. The summed E-state index contributed by atoms with van der Waals surface area (Å²) >= 11 is 0. The summed E-state index contributed by atoms with van der Waals surface area (Å²) in [5.74, 6) is -0.599. The average Bonchev–Trinajstić information content (AvgIpc) is 2.44. The summed E-state index contributed by atoms with van der Waals surface area (Å²) in [5.41, 5.74) is 2.83. The lowest BCUT2D eigenvalue weighted by molar-refractivity contribution is -0.151. The van der Waals surface area contributed by atoms with Crippen LogP contribution in [0.1, 0.15) is 37.8 Å². The van der Waals surface area contributed by atoms with Crippen molar-refractivity contribution >= 4 is 17.6 Å². The first-order chi connectivity index (χ1) is 9.95. The number of carbonyl (C=O) groups excluding carboxylic acids is 2. The Morgan fingerprint density at radius 1 is 1.24 bits per heavy atom. The summed E-state index contributed by atoms with van der Waals surface area (Å²) < 4.78 is 9.75. The number of rotatable bonds is 7. The molecule has 0 fully saturated rings. The van der Waals surface area contributed by atoms with Gasteiger partial charge in [-0.05, 0) is 30.9 Å². The highest BCUT2D eigenvalue weighted by Crippen LogP contribution is 2.27. The molecule has 1 aromatic rings. The van der Waals surface area contributed by atoms with Crippen molar-refractivity contribution in [2.24, 2.45) is 0 Å². The molecular formula is C16H23NO4. The first-order valence-electron chi connectivity index (χ1n) is 7.08. The van der Waals surface area contributed by atoms with Crippen LogP contribution in [0.4, 0.5) is 5.69 Å². The van der Waals surface area contributed by atoms with Crippen molar-refractivity contribution in [1.82, 2.24) is 0 Å². The van der Waals surface area contributed by atoms with Crippen LogP contribution in [0.2, 0.25) is 0 Å². The first-order valence-corrected chi connectivity index (χ1v) is 7.08. The minimum Gasteiger partial charge on any atom is -0.454 e. The van der Waals surface area contributed by atoms with Crippen LogP contribution in [-0.4, -0.2) is 31.7 Å². The molecule has 1 aromatic carbocycles. The summed E-state index contributed by atoms with van der Waals surface area (Å²) in [6.07, 6.45) is 0. The second-order valence-corrected chi connectivity index (χ2v) is 5.04. The smallest absolute Gasteiger partial charge is 0.332 e. The monoisotopic (exact) mass is 293 g/mol. The zero-order valence-electron chi connectivity index (χ0n) is 13.1. The molecule has 1 rings (SSSR count). The van der Waals surface area contributed by atoms with E-state index < -0.39 is 5.97 Å². The fourth-order valence-electron chi connectivity index (χ4n) is 1.89. The van der Waals surface area contributed by atoms with Crippen molar-refractivity contribution in [2.75, 3.05) is 25.1 Å². The Kier molecular flexibility index (Phi) is 6.88. The Labute approximate surface area is 125 Å². The van der Waals surface area contributed by atoms with Crippen molar-refractivity contribution in [3.05, 3.63) is 29.3 Å². The topological polar surface area (TPSA) is 64.6 Å². The molecule has 0 saturated heterocycles. The van der Waals surface area contributed by atoms with Crippen LogP contribution in [0.3, 0.4) is 0 Å². The van der Waals surface area contributed by atoms with Gasteiger partial charge < -0.3 is 14.8 Å². The number of anilines is 1. The highest BCUT2D eigenvalue weighted by atomic mass is 16.6. The van der Waals surface area contributed by atoms with Crippen LogP contribution in [0, 0.1) is 6.92 Å². The lowest BCUT2D eigenvalue weighted by Crippen LogP contribution is -2.23. The fraction of sp³-hybridized carbons (Fsp3) is 0.500. The molecule has 0 spiro atoms. The van der Waals surface area contributed by atoms with Gasteiger partial charge in [0.1, 0.15) is 6.61 Å².